The Morgan fingerprint density at radius 2 is 1.00 bits per heavy atom. The minimum absolute atomic E-state index is 0.00633. The van der Waals surface area contributed by atoms with Crippen molar-refractivity contribution in [2.75, 3.05) is 9.80 Å². The minimum atomic E-state index is -0.0365. The second-order valence-electron chi connectivity index (χ2n) is 18.5. The first-order valence-corrected chi connectivity index (χ1v) is 22.6. The molecule has 296 valence electrons. The molecule has 0 fully saturated rings. The van der Waals surface area contributed by atoms with Crippen molar-refractivity contribution < 1.29 is 4.74 Å². The van der Waals surface area contributed by atoms with Crippen molar-refractivity contribution in [3.8, 4) is 17.2 Å². The second-order valence-corrected chi connectivity index (χ2v) is 18.5. The van der Waals surface area contributed by atoms with E-state index in [1.807, 2.05) is 0 Å². The van der Waals surface area contributed by atoms with Crippen molar-refractivity contribution in [2.45, 2.75) is 20.8 Å². The zero-order valence-corrected chi connectivity index (χ0v) is 35.7. The van der Waals surface area contributed by atoms with Crippen LogP contribution >= 0.6 is 0 Å². The summed E-state index contributed by atoms with van der Waals surface area (Å²) in [5.41, 5.74) is 26.9. The van der Waals surface area contributed by atoms with Gasteiger partial charge in [0.1, 0.15) is 11.5 Å². The van der Waals surface area contributed by atoms with Crippen LogP contribution in [0.25, 0.3) is 27.5 Å². The molecule has 0 saturated heterocycles. The minimum Gasteiger partial charge on any atom is -0.458 e. The maximum absolute atomic E-state index is 7.09. The topological polar surface area (TPSA) is 20.6 Å². The van der Waals surface area contributed by atoms with Crippen molar-refractivity contribution in [2.24, 2.45) is 0 Å². The van der Waals surface area contributed by atoms with E-state index in [0.717, 1.165) is 22.9 Å². The van der Waals surface area contributed by atoms with E-state index in [1.54, 1.807) is 0 Å². The highest BCUT2D eigenvalue weighted by Gasteiger charge is 2.51. The number of rotatable bonds is 2. The molecule has 7 heteroatoms. The van der Waals surface area contributed by atoms with E-state index in [9.17, 15) is 0 Å². The Balaban J connectivity index is 1.11. The summed E-state index contributed by atoms with van der Waals surface area (Å²) in [6.45, 7) is 6.81. The summed E-state index contributed by atoms with van der Waals surface area (Å²) in [4.78, 5) is 5.17. The zero-order valence-electron chi connectivity index (χ0n) is 35.7. The third-order valence-corrected chi connectivity index (χ3v) is 15.1. The molecule has 0 unspecified atom stereocenters. The van der Waals surface area contributed by atoms with Gasteiger partial charge in [-0.1, -0.05) is 150 Å². The summed E-state index contributed by atoms with van der Waals surface area (Å²) in [5.74, 6) is 1.84. The number of benzene rings is 9. The smallest absolute Gasteiger partial charge is 0.252 e. The summed E-state index contributed by atoms with van der Waals surface area (Å²) < 4.78 is 9.68. The van der Waals surface area contributed by atoms with Crippen molar-refractivity contribution >= 4 is 125 Å². The number of fused-ring (bicyclic) bond motifs is 15. The largest absolute Gasteiger partial charge is 0.458 e. The van der Waals surface area contributed by atoms with Gasteiger partial charge in [0.2, 0.25) is 0 Å². The number of para-hydroxylation sites is 6. The number of aromatic nitrogens is 1. The Morgan fingerprint density at radius 1 is 0.391 bits per heavy atom. The second kappa shape index (κ2) is 12.3. The predicted molar refractivity (Wildman–Crippen MR) is 271 cm³/mol. The third kappa shape index (κ3) is 4.27. The molecule has 1 aromatic heterocycles. The van der Waals surface area contributed by atoms with Gasteiger partial charge in [-0.15, -0.1) is 0 Å². The first kappa shape index (κ1) is 34.9. The van der Waals surface area contributed by atoms with Crippen LogP contribution in [-0.4, -0.2) is 24.7 Å². The Bertz CT molecular complexity index is 3720. The van der Waals surface area contributed by atoms with Gasteiger partial charge in [-0.05, 0) is 107 Å². The third-order valence-electron chi connectivity index (χ3n) is 15.1. The number of nitrogens with zero attached hydrogens (tertiary/aromatic N) is 3. The maximum Gasteiger partial charge on any atom is 0.252 e. The molecular weight excluding hydrogens is 775 g/mol. The summed E-state index contributed by atoms with van der Waals surface area (Å²) in [7, 11) is 0. The van der Waals surface area contributed by atoms with Gasteiger partial charge in [-0.2, -0.15) is 0 Å². The fourth-order valence-electron chi connectivity index (χ4n) is 13.0. The van der Waals surface area contributed by atoms with Gasteiger partial charge in [-0.25, -0.2) is 0 Å². The standard InChI is InChI=1S/C57H38B3N3O/c1-33-28-34(2)53(35(3)29-33)60-41-22-10-14-27-51(41)64-52-32-48-43(30-44(52)60)59-40-21-9-13-26-47(40)63-46-25-12-8-20-39(46)58-42-23-15-19-38-37-18-7-11-24-45(37)62(56(38)42)50-31-49(54(59)57(63)55(50)58)61(48)36-16-5-4-6-17-36/h4-32H,1-3H3. The lowest BCUT2D eigenvalue weighted by Gasteiger charge is -2.49. The average Bonchev–Trinajstić information content (AvgIpc) is 3.66. The molecule has 15 rings (SSSR count). The molecular formula is C57H38B3N3O. The lowest BCUT2D eigenvalue weighted by atomic mass is 9.28. The van der Waals surface area contributed by atoms with Gasteiger partial charge in [-0.3, -0.25) is 0 Å². The van der Waals surface area contributed by atoms with Crippen LogP contribution in [0.1, 0.15) is 16.7 Å². The molecule has 10 aromatic rings. The summed E-state index contributed by atoms with van der Waals surface area (Å²) in [5, 5.41) is 2.59. The number of ether oxygens (including phenoxy) is 1. The normalized spacial score (nSPS) is 14.1. The van der Waals surface area contributed by atoms with Gasteiger partial charge in [0.05, 0.1) is 5.52 Å². The SMILES string of the molecule is Cc1cc(C)c(B2c3ccccc3Oc3cc4c(cc32)B2c3ccccc3N3c5ccccc5B5c6c(cc(c2c63)N4c2ccccc2)-n2c3ccccc3c3cccc5c32)c(C)c1. The molecule has 0 radical (unpaired) electrons. The Hall–Kier alpha value is -7.63. The molecule has 0 saturated carbocycles. The highest BCUT2D eigenvalue weighted by Crippen LogP contribution is 2.48. The van der Waals surface area contributed by atoms with Crippen LogP contribution in [0.2, 0.25) is 0 Å². The van der Waals surface area contributed by atoms with Crippen LogP contribution in [-0.2, 0) is 0 Å². The lowest BCUT2D eigenvalue weighted by molar-refractivity contribution is 0.488. The Morgan fingerprint density at radius 3 is 1.78 bits per heavy atom. The highest BCUT2D eigenvalue weighted by molar-refractivity contribution is 7.05. The molecule has 6 heterocycles. The zero-order chi connectivity index (χ0) is 42.1. The molecule has 4 nitrogen and oxygen atoms in total. The Labute approximate surface area is 373 Å². The van der Waals surface area contributed by atoms with Crippen molar-refractivity contribution in [1.82, 2.24) is 4.57 Å². The molecule has 64 heavy (non-hydrogen) atoms. The first-order chi connectivity index (χ1) is 31.5. The van der Waals surface area contributed by atoms with Gasteiger partial charge in [0.25, 0.3) is 20.1 Å². The predicted octanol–water partition coefficient (Wildman–Crippen LogP) is 7.56. The molecule has 9 aromatic carbocycles. The van der Waals surface area contributed by atoms with Crippen LogP contribution in [0.4, 0.5) is 34.1 Å². The van der Waals surface area contributed by atoms with Crippen molar-refractivity contribution in [1.29, 1.82) is 0 Å². The molecule has 0 spiro atoms. The summed E-state index contributed by atoms with van der Waals surface area (Å²) >= 11 is 0. The van der Waals surface area contributed by atoms with Gasteiger partial charge < -0.3 is 19.1 Å². The van der Waals surface area contributed by atoms with Crippen LogP contribution in [0.15, 0.2) is 176 Å². The fraction of sp³-hybridized carbons (Fsp3) is 0.0526. The van der Waals surface area contributed by atoms with Crippen molar-refractivity contribution in [3.05, 3.63) is 193 Å². The van der Waals surface area contributed by atoms with Crippen LogP contribution < -0.4 is 63.7 Å². The molecule has 0 bridgehead atoms. The van der Waals surface area contributed by atoms with Crippen LogP contribution in [0, 0.1) is 20.8 Å². The monoisotopic (exact) mass is 813 g/mol. The average molecular weight is 813 g/mol. The number of anilines is 6. The van der Waals surface area contributed by atoms with E-state index >= 15 is 0 Å². The van der Waals surface area contributed by atoms with Gasteiger partial charge >= 0.3 is 0 Å². The Kier molecular flexibility index (Phi) is 6.71. The fourth-order valence-corrected chi connectivity index (χ4v) is 13.0. The van der Waals surface area contributed by atoms with Gasteiger partial charge in [0.15, 0.2) is 0 Å². The van der Waals surface area contributed by atoms with E-state index in [0.29, 0.717) is 0 Å². The highest BCUT2D eigenvalue weighted by atomic mass is 16.5. The molecule has 0 N–H and O–H groups in total. The number of hydrogen-bond donors (Lipinski definition) is 0. The molecule has 0 amide bonds. The van der Waals surface area contributed by atoms with E-state index < -0.39 is 0 Å². The molecule has 0 aliphatic carbocycles. The van der Waals surface area contributed by atoms with E-state index in [-0.39, 0.29) is 20.1 Å². The van der Waals surface area contributed by atoms with Crippen LogP contribution in [0.3, 0.4) is 0 Å². The maximum atomic E-state index is 7.09. The molecule has 5 aliphatic heterocycles. The number of aryl methyl sites for hydroxylation is 3. The molecule has 5 aliphatic rings. The summed E-state index contributed by atoms with van der Waals surface area (Å²) in [6.07, 6.45) is 0. The van der Waals surface area contributed by atoms with E-state index in [2.05, 4.69) is 211 Å². The quantitative estimate of drug-likeness (QED) is 0.168. The van der Waals surface area contributed by atoms with Gasteiger partial charge in [0, 0.05) is 62.2 Å². The van der Waals surface area contributed by atoms with E-state index in [4.69, 9.17) is 4.74 Å². The molecule has 0 atom stereocenters. The first-order valence-electron chi connectivity index (χ1n) is 22.6. The number of hydrogen-bond acceptors (Lipinski definition) is 3. The lowest BCUT2D eigenvalue weighted by Crippen LogP contribution is -2.69. The van der Waals surface area contributed by atoms with Crippen molar-refractivity contribution in [3.63, 3.8) is 0 Å². The van der Waals surface area contributed by atoms with E-state index in [1.165, 1.54) is 116 Å². The summed E-state index contributed by atoms with van der Waals surface area (Å²) in [6, 6.07) is 66.2. The van der Waals surface area contributed by atoms with Crippen LogP contribution in [0.5, 0.6) is 11.5 Å².